The fourth-order valence-electron chi connectivity index (χ4n) is 1.27. The number of halogens is 2. The predicted molar refractivity (Wildman–Crippen MR) is 75.6 cm³/mol. The molecule has 5 nitrogen and oxygen atoms in total. The first kappa shape index (κ1) is 14.6. The van der Waals surface area contributed by atoms with Gasteiger partial charge in [0.15, 0.2) is 11.9 Å². The van der Waals surface area contributed by atoms with E-state index in [-0.39, 0.29) is 11.9 Å². The molecular formula is C11H15Cl2N5. The monoisotopic (exact) mass is 287 g/mol. The zero-order chi connectivity index (χ0) is 13.7. The molecule has 0 fully saturated rings. The highest BCUT2D eigenvalue weighted by atomic mass is 35.5. The molecule has 0 aliphatic rings. The molecule has 0 aliphatic heterocycles. The Morgan fingerprint density at radius 2 is 1.94 bits per heavy atom. The van der Waals surface area contributed by atoms with E-state index in [1.54, 1.807) is 31.1 Å². The molecule has 0 aliphatic carbocycles. The van der Waals surface area contributed by atoms with Gasteiger partial charge in [-0.3, -0.25) is 16.1 Å². The van der Waals surface area contributed by atoms with Gasteiger partial charge in [-0.1, -0.05) is 29.3 Å². The fourth-order valence-corrected chi connectivity index (χ4v) is 1.59. The van der Waals surface area contributed by atoms with E-state index in [0.29, 0.717) is 16.6 Å². The first-order valence-electron chi connectivity index (χ1n) is 5.21. The number of rotatable bonds is 2. The van der Waals surface area contributed by atoms with Crippen molar-refractivity contribution in [3.05, 3.63) is 33.8 Å². The van der Waals surface area contributed by atoms with Crippen molar-refractivity contribution in [2.24, 2.45) is 0 Å². The van der Waals surface area contributed by atoms with Crippen LogP contribution in [0.5, 0.6) is 0 Å². The van der Waals surface area contributed by atoms with Gasteiger partial charge in [0.2, 0.25) is 0 Å². The summed E-state index contributed by atoms with van der Waals surface area (Å²) >= 11 is 11.8. The van der Waals surface area contributed by atoms with Crippen LogP contribution < -0.4 is 10.6 Å². The maximum Gasteiger partial charge on any atom is 0.197 e. The molecule has 7 heteroatoms. The number of nitrogens with zero attached hydrogens (tertiary/aromatic N) is 1. The highest BCUT2D eigenvalue weighted by Gasteiger charge is 2.07. The summed E-state index contributed by atoms with van der Waals surface area (Å²) in [5, 5.41) is 21.3. The largest absolute Gasteiger partial charge is 0.359 e. The molecule has 0 bridgehead atoms. The normalized spacial score (nSPS) is 9.78. The Morgan fingerprint density at radius 1 is 1.28 bits per heavy atom. The number of benzene rings is 1. The van der Waals surface area contributed by atoms with Crippen molar-refractivity contribution in [2.45, 2.75) is 6.54 Å². The zero-order valence-electron chi connectivity index (χ0n) is 10.1. The molecule has 18 heavy (non-hydrogen) atoms. The van der Waals surface area contributed by atoms with Crippen LogP contribution in [0.1, 0.15) is 5.56 Å². The van der Waals surface area contributed by atoms with Crippen molar-refractivity contribution in [1.29, 1.82) is 10.8 Å². The molecule has 0 atom stereocenters. The van der Waals surface area contributed by atoms with Crippen LogP contribution in [-0.2, 0) is 6.54 Å². The van der Waals surface area contributed by atoms with E-state index >= 15 is 0 Å². The standard InChI is InChI=1S/C11H15Cl2N5/c1-16-10(14)17-11(15)18(2)6-7-3-4-8(12)9(13)5-7/h3-5H,6H2,1-2H3,(H4,14,15,16,17). The van der Waals surface area contributed by atoms with Gasteiger partial charge in [-0.05, 0) is 17.7 Å². The van der Waals surface area contributed by atoms with E-state index in [9.17, 15) is 0 Å². The summed E-state index contributed by atoms with van der Waals surface area (Å²) < 4.78 is 0. The van der Waals surface area contributed by atoms with Crippen LogP contribution in [-0.4, -0.2) is 30.9 Å². The summed E-state index contributed by atoms with van der Waals surface area (Å²) in [6.07, 6.45) is 0. The van der Waals surface area contributed by atoms with Gasteiger partial charge in [-0.25, -0.2) is 0 Å². The Kier molecular flexibility index (Phi) is 5.25. The number of guanidine groups is 2. The molecule has 98 valence electrons. The first-order chi connectivity index (χ1) is 8.43. The van der Waals surface area contributed by atoms with Gasteiger partial charge in [0, 0.05) is 20.6 Å². The molecule has 0 amide bonds. The Bertz CT molecular complexity index is 461. The molecule has 1 rings (SSSR count). The van der Waals surface area contributed by atoms with Gasteiger partial charge in [0.1, 0.15) is 0 Å². The lowest BCUT2D eigenvalue weighted by Gasteiger charge is -2.21. The molecule has 0 spiro atoms. The third-order valence-corrected chi connectivity index (χ3v) is 3.02. The lowest BCUT2D eigenvalue weighted by Crippen LogP contribution is -2.45. The Hall–Kier alpha value is -1.46. The second kappa shape index (κ2) is 6.47. The van der Waals surface area contributed by atoms with Crippen LogP contribution >= 0.6 is 23.2 Å². The molecule has 4 N–H and O–H groups in total. The SMILES string of the molecule is CNC(=N)NC(=N)N(C)Cc1ccc(Cl)c(Cl)c1. The summed E-state index contributed by atoms with van der Waals surface area (Å²) in [7, 11) is 3.36. The van der Waals surface area contributed by atoms with E-state index in [0.717, 1.165) is 5.56 Å². The Labute approximate surface area is 116 Å². The summed E-state index contributed by atoms with van der Waals surface area (Å²) in [4.78, 5) is 1.66. The predicted octanol–water partition coefficient (Wildman–Crippen LogP) is 2.10. The third kappa shape index (κ3) is 4.09. The van der Waals surface area contributed by atoms with Crippen molar-refractivity contribution in [1.82, 2.24) is 15.5 Å². The van der Waals surface area contributed by atoms with Gasteiger partial charge in [0.25, 0.3) is 0 Å². The highest BCUT2D eigenvalue weighted by Crippen LogP contribution is 2.22. The van der Waals surface area contributed by atoms with Gasteiger partial charge in [-0.2, -0.15) is 0 Å². The van der Waals surface area contributed by atoms with Crippen molar-refractivity contribution in [3.8, 4) is 0 Å². The Balaban J connectivity index is 2.63. The summed E-state index contributed by atoms with van der Waals surface area (Å²) in [5.41, 5.74) is 0.939. The second-order valence-electron chi connectivity index (χ2n) is 3.70. The minimum absolute atomic E-state index is 0.0704. The highest BCUT2D eigenvalue weighted by molar-refractivity contribution is 6.42. The first-order valence-corrected chi connectivity index (χ1v) is 5.96. The quantitative estimate of drug-likeness (QED) is 0.497. The molecule has 0 saturated carbocycles. The zero-order valence-corrected chi connectivity index (χ0v) is 11.7. The maximum atomic E-state index is 7.75. The molecule has 0 heterocycles. The summed E-state index contributed by atoms with van der Waals surface area (Å²) in [6.45, 7) is 0.500. The van der Waals surface area contributed by atoms with Crippen LogP contribution in [0.3, 0.4) is 0 Å². The second-order valence-corrected chi connectivity index (χ2v) is 4.52. The smallest absolute Gasteiger partial charge is 0.197 e. The molecule has 1 aromatic carbocycles. The summed E-state index contributed by atoms with van der Waals surface area (Å²) in [5.74, 6) is 0.196. The van der Waals surface area contributed by atoms with Crippen molar-refractivity contribution in [2.75, 3.05) is 14.1 Å². The molecule has 1 aromatic rings. The van der Waals surface area contributed by atoms with Crippen LogP contribution in [0.2, 0.25) is 10.0 Å². The number of hydrogen-bond donors (Lipinski definition) is 4. The molecule has 0 aromatic heterocycles. The lowest BCUT2D eigenvalue weighted by molar-refractivity contribution is 0.484. The molecule has 0 saturated heterocycles. The van der Waals surface area contributed by atoms with Gasteiger partial charge >= 0.3 is 0 Å². The van der Waals surface area contributed by atoms with E-state index in [2.05, 4.69) is 10.6 Å². The molecule has 0 unspecified atom stereocenters. The summed E-state index contributed by atoms with van der Waals surface area (Å²) in [6, 6.07) is 5.33. The number of nitrogens with one attached hydrogen (secondary N) is 4. The van der Waals surface area contributed by atoms with Crippen LogP contribution in [0.25, 0.3) is 0 Å². The Morgan fingerprint density at radius 3 is 2.50 bits per heavy atom. The van der Waals surface area contributed by atoms with E-state index < -0.39 is 0 Å². The van der Waals surface area contributed by atoms with E-state index in [1.807, 2.05) is 6.07 Å². The molecule has 0 radical (unpaired) electrons. The van der Waals surface area contributed by atoms with Crippen molar-refractivity contribution < 1.29 is 0 Å². The third-order valence-electron chi connectivity index (χ3n) is 2.28. The van der Waals surface area contributed by atoms with Crippen LogP contribution in [0.4, 0.5) is 0 Å². The fraction of sp³-hybridized carbons (Fsp3) is 0.273. The average Bonchev–Trinajstić information content (AvgIpc) is 2.33. The van der Waals surface area contributed by atoms with Crippen LogP contribution in [0, 0.1) is 10.8 Å². The van der Waals surface area contributed by atoms with E-state index in [1.165, 1.54) is 0 Å². The minimum Gasteiger partial charge on any atom is -0.359 e. The maximum absolute atomic E-state index is 7.75. The van der Waals surface area contributed by atoms with Crippen molar-refractivity contribution >= 4 is 35.1 Å². The number of hydrogen-bond acceptors (Lipinski definition) is 2. The van der Waals surface area contributed by atoms with Gasteiger partial charge < -0.3 is 10.2 Å². The lowest BCUT2D eigenvalue weighted by atomic mass is 10.2. The topological polar surface area (TPSA) is 75.0 Å². The van der Waals surface area contributed by atoms with E-state index in [4.69, 9.17) is 34.0 Å². The minimum atomic E-state index is 0.0704. The molecular weight excluding hydrogens is 273 g/mol. The average molecular weight is 288 g/mol. The van der Waals surface area contributed by atoms with Crippen molar-refractivity contribution in [3.63, 3.8) is 0 Å². The van der Waals surface area contributed by atoms with Gasteiger partial charge in [-0.15, -0.1) is 0 Å². The van der Waals surface area contributed by atoms with Crippen LogP contribution in [0.15, 0.2) is 18.2 Å². The van der Waals surface area contributed by atoms with Gasteiger partial charge in [0.05, 0.1) is 10.0 Å².